The number of nitrogens with one attached hydrogen (secondary N) is 1. The predicted molar refractivity (Wildman–Crippen MR) is 127 cm³/mol. The van der Waals surface area contributed by atoms with E-state index in [4.69, 9.17) is 0 Å². The average molecular weight is 469 g/mol. The molecule has 5 rings (SSSR count). The van der Waals surface area contributed by atoms with E-state index in [0.29, 0.717) is 28.8 Å². The molecular formula is C23H28N6O3S. The summed E-state index contributed by atoms with van der Waals surface area (Å²) >= 11 is 0. The summed E-state index contributed by atoms with van der Waals surface area (Å²) in [6.45, 7) is 7.03. The van der Waals surface area contributed by atoms with Gasteiger partial charge in [-0.1, -0.05) is 0 Å². The van der Waals surface area contributed by atoms with Gasteiger partial charge in [-0.05, 0) is 62.4 Å². The van der Waals surface area contributed by atoms with Gasteiger partial charge in [0.05, 0.1) is 36.0 Å². The predicted octanol–water partition coefficient (Wildman–Crippen LogP) is 2.72. The van der Waals surface area contributed by atoms with Crippen LogP contribution in [-0.4, -0.2) is 52.2 Å². The Labute approximate surface area is 193 Å². The van der Waals surface area contributed by atoms with Crippen LogP contribution in [0, 0.1) is 20.8 Å². The average Bonchev–Trinajstić information content (AvgIpc) is 3.48. The molecule has 0 saturated carbocycles. The molecular weight excluding hydrogens is 440 g/mol. The quantitative estimate of drug-likeness (QED) is 0.588. The van der Waals surface area contributed by atoms with Gasteiger partial charge in [0, 0.05) is 17.8 Å². The molecule has 1 fully saturated rings. The number of aromatic nitrogens is 4. The van der Waals surface area contributed by atoms with Crippen molar-refractivity contribution < 1.29 is 13.5 Å². The molecule has 174 valence electrons. The number of anilines is 3. The number of imidazole rings is 1. The molecule has 0 amide bonds. The summed E-state index contributed by atoms with van der Waals surface area (Å²) in [4.78, 5) is 15.7. The van der Waals surface area contributed by atoms with Crippen LogP contribution >= 0.6 is 0 Å². The normalized spacial score (nSPS) is 19.2. The Morgan fingerprint density at radius 3 is 2.64 bits per heavy atom. The number of hydrogen-bond donors (Lipinski definition) is 2. The molecule has 0 spiro atoms. The van der Waals surface area contributed by atoms with Gasteiger partial charge in [-0.15, -0.1) is 0 Å². The van der Waals surface area contributed by atoms with Gasteiger partial charge in [-0.3, -0.25) is 0 Å². The SMILES string of the molecule is Cc1cc(-n2cnc(Nc3nc4c(c(N5CCC[C@H]5CO)n3)CS(=O)(=O)C4)c2)cc(C)c1C. The molecule has 33 heavy (non-hydrogen) atoms. The second-order valence-electron chi connectivity index (χ2n) is 9.00. The second kappa shape index (κ2) is 8.11. The Balaban J connectivity index is 1.48. The zero-order chi connectivity index (χ0) is 23.3. The van der Waals surface area contributed by atoms with E-state index in [1.165, 1.54) is 16.7 Å². The van der Waals surface area contributed by atoms with Crippen LogP contribution in [0.25, 0.3) is 5.69 Å². The third kappa shape index (κ3) is 4.08. The summed E-state index contributed by atoms with van der Waals surface area (Å²) < 4.78 is 26.6. The standard InChI is InChI=1S/C23H28N6O3S/c1-14-7-18(8-15(2)16(14)3)28-9-21(24-13-28)26-23-25-20-12-33(31,32)11-19(20)22(27-23)29-6-4-5-17(29)10-30/h7-9,13,17,30H,4-6,10-12H2,1-3H3,(H,25,26,27)/t17-/m0/s1. The van der Waals surface area contributed by atoms with Crippen molar-refractivity contribution in [3.05, 3.63) is 52.6 Å². The fourth-order valence-corrected chi connectivity index (χ4v) is 6.16. The highest BCUT2D eigenvalue weighted by molar-refractivity contribution is 7.90. The van der Waals surface area contributed by atoms with Crippen molar-refractivity contribution in [1.29, 1.82) is 0 Å². The zero-order valence-corrected chi connectivity index (χ0v) is 19.9. The highest BCUT2D eigenvalue weighted by Gasteiger charge is 2.35. The van der Waals surface area contributed by atoms with Crippen molar-refractivity contribution in [2.24, 2.45) is 0 Å². The van der Waals surface area contributed by atoms with E-state index in [0.717, 1.165) is 25.1 Å². The minimum absolute atomic E-state index is 0.00801. The van der Waals surface area contributed by atoms with Crippen LogP contribution in [0.2, 0.25) is 0 Å². The maximum Gasteiger partial charge on any atom is 0.230 e. The van der Waals surface area contributed by atoms with Crippen LogP contribution in [0.5, 0.6) is 0 Å². The Hall–Kier alpha value is -2.98. The smallest absolute Gasteiger partial charge is 0.230 e. The maximum absolute atomic E-state index is 12.3. The van der Waals surface area contributed by atoms with Crippen LogP contribution in [0.1, 0.15) is 40.8 Å². The van der Waals surface area contributed by atoms with E-state index < -0.39 is 9.84 Å². The fourth-order valence-electron chi connectivity index (χ4n) is 4.67. The Kier molecular flexibility index (Phi) is 5.37. The molecule has 3 aromatic rings. The summed E-state index contributed by atoms with van der Waals surface area (Å²) in [6.07, 6.45) is 5.37. The first kappa shape index (κ1) is 21.8. The summed E-state index contributed by atoms with van der Waals surface area (Å²) in [7, 11) is -3.25. The molecule has 2 aliphatic rings. The largest absolute Gasteiger partial charge is 0.394 e. The van der Waals surface area contributed by atoms with Crippen molar-refractivity contribution in [3.8, 4) is 5.69 Å². The van der Waals surface area contributed by atoms with Crippen LogP contribution in [-0.2, 0) is 21.3 Å². The van der Waals surface area contributed by atoms with E-state index in [-0.39, 0.29) is 24.2 Å². The molecule has 0 unspecified atom stereocenters. The number of nitrogens with zero attached hydrogens (tertiary/aromatic N) is 5. The number of benzene rings is 1. The first-order valence-corrected chi connectivity index (χ1v) is 12.9. The third-order valence-corrected chi connectivity index (χ3v) is 8.13. The number of sulfone groups is 1. The van der Waals surface area contributed by atoms with Crippen molar-refractivity contribution in [2.75, 3.05) is 23.4 Å². The first-order chi connectivity index (χ1) is 15.7. The minimum Gasteiger partial charge on any atom is -0.394 e. The van der Waals surface area contributed by atoms with Gasteiger partial charge in [0.2, 0.25) is 5.95 Å². The van der Waals surface area contributed by atoms with Crippen molar-refractivity contribution >= 4 is 27.4 Å². The lowest BCUT2D eigenvalue weighted by Gasteiger charge is -2.26. The van der Waals surface area contributed by atoms with E-state index >= 15 is 0 Å². The lowest BCUT2D eigenvalue weighted by Crippen LogP contribution is -2.33. The van der Waals surface area contributed by atoms with Gasteiger partial charge in [0.25, 0.3) is 0 Å². The molecule has 2 aliphatic heterocycles. The lowest BCUT2D eigenvalue weighted by molar-refractivity contribution is 0.266. The van der Waals surface area contributed by atoms with Gasteiger partial charge in [0.1, 0.15) is 12.1 Å². The van der Waals surface area contributed by atoms with Crippen molar-refractivity contribution in [1.82, 2.24) is 19.5 Å². The molecule has 1 saturated heterocycles. The van der Waals surface area contributed by atoms with E-state index in [1.54, 1.807) is 6.33 Å². The molecule has 1 aromatic carbocycles. The summed E-state index contributed by atoms with van der Waals surface area (Å²) in [5, 5.41) is 12.9. The first-order valence-electron chi connectivity index (χ1n) is 11.1. The molecule has 4 heterocycles. The number of rotatable bonds is 5. The Morgan fingerprint density at radius 2 is 1.91 bits per heavy atom. The number of aryl methyl sites for hydroxylation is 2. The lowest BCUT2D eigenvalue weighted by atomic mass is 10.0. The Bertz CT molecular complexity index is 1310. The molecule has 2 aromatic heterocycles. The maximum atomic E-state index is 12.3. The molecule has 2 N–H and O–H groups in total. The van der Waals surface area contributed by atoms with Crippen LogP contribution < -0.4 is 10.2 Å². The molecule has 10 heteroatoms. The summed E-state index contributed by atoms with van der Waals surface area (Å²) in [5.41, 5.74) is 5.89. The summed E-state index contributed by atoms with van der Waals surface area (Å²) in [6, 6.07) is 4.17. The highest BCUT2D eigenvalue weighted by atomic mass is 32.2. The molecule has 0 aliphatic carbocycles. The number of hydrogen-bond acceptors (Lipinski definition) is 8. The molecule has 1 atom stereocenters. The minimum atomic E-state index is -3.25. The van der Waals surface area contributed by atoms with Gasteiger partial charge in [-0.25, -0.2) is 18.4 Å². The van der Waals surface area contributed by atoms with Crippen LogP contribution in [0.15, 0.2) is 24.7 Å². The summed E-state index contributed by atoms with van der Waals surface area (Å²) in [5.74, 6) is 1.32. The molecule has 0 radical (unpaired) electrons. The van der Waals surface area contributed by atoms with Crippen LogP contribution in [0.4, 0.5) is 17.6 Å². The topological polar surface area (TPSA) is 113 Å². The second-order valence-corrected chi connectivity index (χ2v) is 11.1. The van der Waals surface area contributed by atoms with Gasteiger partial charge in [-0.2, -0.15) is 4.98 Å². The fraction of sp³-hybridized carbons (Fsp3) is 0.435. The van der Waals surface area contributed by atoms with Gasteiger partial charge >= 0.3 is 0 Å². The van der Waals surface area contributed by atoms with Crippen molar-refractivity contribution in [2.45, 2.75) is 51.2 Å². The van der Waals surface area contributed by atoms with Gasteiger partial charge in [0.15, 0.2) is 15.7 Å². The highest BCUT2D eigenvalue weighted by Crippen LogP contribution is 2.35. The number of aliphatic hydroxyl groups excluding tert-OH is 1. The van der Waals surface area contributed by atoms with Crippen molar-refractivity contribution in [3.63, 3.8) is 0 Å². The van der Waals surface area contributed by atoms with E-state index in [2.05, 4.69) is 53.2 Å². The van der Waals surface area contributed by atoms with E-state index in [9.17, 15) is 13.5 Å². The van der Waals surface area contributed by atoms with Gasteiger partial charge < -0.3 is 19.9 Å². The van der Waals surface area contributed by atoms with Crippen LogP contribution in [0.3, 0.4) is 0 Å². The third-order valence-electron chi connectivity index (χ3n) is 6.68. The zero-order valence-electron chi connectivity index (χ0n) is 19.0. The molecule has 0 bridgehead atoms. The number of aliphatic hydroxyl groups is 1. The van der Waals surface area contributed by atoms with E-state index in [1.807, 2.05) is 15.7 Å². The Morgan fingerprint density at radius 1 is 1.15 bits per heavy atom. The number of fused-ring (bicyclic) bond motifs is 1. The molecule has 9 nitrogen and oxygen atoms in total. The monoisotopic (exact) mass is 468 g/mol.